The van der Waals surface area contributed by atoms with Gasteiger partial charge in [-0.15, -0.1) is 22.7 Å². The third kappa shape index (κ3) is 11.8. The second-order valence-corrected chi connectivity index (χ2v) is 20.3. The van der Waals surface area contributed by atoms with Crippen molar-refractivity contribution in [3.63, 3.8) is 0 Å². The monoisotopic (exact) mass is 1010 g/mol. The first-order chi connectivity index (χ1) is 35.3. The van der Waals surface area contributed by atoms with E-state index in [1.165, 1.54) is 52.8 Å². The first kappa shape index (κ1) is 48.9. The molecule has 0 N–H and O–H groups in total. The summed E-state index contributed by atoms with van der Waals surface area (Å²) in [5.41, 5.74) is 3.13. The number of piperazine rings is 2. The molecule has 16 heteroatoms. The normalized spacial score (nSPS) is 14.7. The number of benzene rings is 4. The van der Waals surface area contributed by atoms with E-state index < -0.39 is 11.9 Å². The zero-order valence-electron chi connectivity index (χ0n) is 40.5. The highest BCUT2D eigenvalue weighted by Crippen LogP contribution is 2.33. The first-order valence-electron chi connectivity index (χ1n) is 25.0. The van der Waals surface area contributed by atoms with Crippen molar-refractivity contribution in [3.8, 4) is 11.5 Å². The van der Waals surface area contributed by atoms with Gasteiger partial charge in [0.1, 0.15) is 11.5 Å². The second kappa shape index (κ2) is 23.2. The third-order valence-corrected chi connectivity index (χ3v) is 15.6. The Labute approximate surface area is 426 Å². The molecule has 6 heterocycles. The molecule has 4 aromatic carbocycles. The number of fused-ring (bicyclic) bond motifs is 4. The zero-order valence-corrected chi connectivity index (χ0v) is 42.1. The molecule has 374 valence electrons. The number of hydrogen-bond acceptors (Lipinski definition) is 14. The molecule has 0 spiro atoms. The summed E-state index contributed by atoms with van der Waals surface area (Å²) in [5.74, 6) is -0.0917. The van der Waals surface area contributed by atoms with Gasteiger partial charge in [-0.25, -0.2) is 0 Å². The number of pyridine rings is 2. The van der Waals surface area contributed by atoms with Crippen LogP contribution in [0, 0.1) is 0 Å². The van der Waals surface area contributed by atoms with Gasteiger partial charge in [0.05, 0.1) is 37.1 Å². The summed E-state index contributed by atoms with van der Waals surface area (Å²) in [6.45, 7) is 10.6. The minimum absolute atomic E-state index is 0.265. The van der Waals surface area contributed by atoms with E-state index in [0.29, 0.717) is 35.7 Å². The van der Waals surface area contributed by atoms with Crippen LogP contribution < -0.4 is 30.4 Å². The lowest BCUT2D eigenvalue weighted by molar-refractivity contribution is -0.154. The van der Waals surface area contributed by atoms with Crippen LogP contribution in [0.2, 0.25) is 0 Å². The molecule has 0 unspecified atom stereocenters. The van der Waals surface area contributed by atoms with Gasteiger partial charge in [0, 0.05) is 108 Å². The molecule has 2 saturated heterocycles. The van der Waals surface area contributed by atoms with E-state index in [-0.39, 0.29) is 37.4 Å². The van der Waals surface area contributed by atoms with Gasteiger partial charge in [-0.05, 0) is 133 Å². The number of unbranched alkanes of at least 4 members (excludes halogenated alkanes) is 2. The van der Waals surface area contributed by atoms with Crippen LogP contribution in [0.5, 0.6) is 11.5 Å². The topological polar surface area (TPSA) is 128 Å². The molecule has 2 aliphatic rings. The van der Waals surface area contributed by atoms with Gasteiger partial charge < -0.3 is 28.7 Å². The van der Waals surface area contributed by atoms with Gasteiger partial charge in [-0.1, -0.05) is 12.1 Å². The average molecular weight is 1010 g/mol. The van der Waals surface area contributed by atoms with Crippen molar-refractivity contribution in [2.75, 3.05) is 88.5 Å². The molecule has 14 nitrogen and oxygen atoms in total. The summed E-state index contributed by atoms with van der Waals surface area (Å²) < 4.78 is 28.6. The molecule has 10 rings (SSSR count). The molecule has 0 radical (unpaired) electrons. The third-order valence-electron chi connectivity index (χ3n) is 13.8. The number of carbonyl (C=O) groups is 2. The molecular weight excluding hydrogens is 949 g/mol. The Morgan fingerprint density at radius 2 is 0.917 bits per heavy atom. The van der Waals surface area contributed by atoms with Gasteiger partial charge in [0.25, 0.3) is 11.1 Å². The number of anilines is 2. The standard InChI is InChI=1S/C56H60N6O8S2/c63-53-17-13-41-11-15-43(67-33-3-1-23-57-25-29-59(30-26-57)47-7-5-9-51-45(47)21-35-71-51)37-49(41)61(53)39-69-55(65)19-20-56(66)70-40-62-50-38-44(16-12-42(50)14-18-54(62)64)68-34-4-2-24-58-27-31-60(32-28-58)48-8-6-10-52-46(48)22-36-72-52/h5-18,21-22,35-38H,1-4,19-20,23-34,39-40H2. The highest BCUT2D eigenvalue weighted by atomic mass is 32.1. The van der Waals surface area contributed by atoms with Crippen LogP contribution in [-0.4, -0.2) is 110 Å². The maximum Gasteiger partial charge on any atom is 0.308 e. The van der Waals surface area contributed by atoms with E-state index in [1.807, 2.05) is 24.3 Å². The van der Waals surface area contributed by atoms with E-state index >= 15 is 0 Å². The van der Waals surface area contributed by atoms with Crippen LogP contribution in [-0.2, 0) is 32.5 Å². The van der Waals surface area contributed by atoms with Crippen LogP contribution in [0.4, 0.5) is 11.4 Å². The SMILES string of the molecule is O=C(CCC(=O)OCn1c(=O)ccc2ccc(OCCCCN3CCN(c4cccc5sccc45)CC3)cc21)OCn1c(=O)ccc2ccc(OCCCCN3CCN(c4cccc5sccc45)CC3)cc21. The number of aromatic nitrogens is 2. The highest BCUT2D eigenvalue weighted by molar-refractivity contribution is 7.17. The Kier molecular flexibility index (Phi) is 15.8. The number of carbonyl (C=O) groups excluding carboxylic acids is 2. The van der Waals surface area contributed by atoms with E-state index in [1.54, 1.807) is 46.9 Å². The maximum atomic E-state index is 13.0. The van der Waals surface area contributed by atoms with Crippen LogP contribution in [0.25, 0.3) is 42.0 Å². The molecule has 0 atom stereocenters. The fourth-order valence-corrected chi connectivity index (χ4v) is 11.4. The summed E-state index contributed by atoms with van der Waals surface area (Å²) in [7, 11) is 0. The summed E-state index contributed by atoms with van der Waals surface area (Å²) in [6.07, 6.45) is 3.26. The number of ether oxygens (including phenoxy) is 4. The lowest BCUT2D eigenvalue weighted by Crippen LogP contribution is -2.46. The molecule has 0 saturated carbocycles. The Bertz CT molecular complexity index is 3060. The van der Waals surface area contributed by atoms with Crippen LogP contribution >= 0.6 is 22.7 Å². The molecule has 0 aliphatic carbocycles. The van der Waals surface area contributed by atoms with E-state index in [2.05, 4.69) is 78.9 Å². The minimum Gasteiger partial charge on any atom is -0.494 e. The molecule has 8 aromatic rings. The van der Waals surface area contributed by atoms with Crippen molar-refractivity contribution in [2.45, 2.75) is 52.0 Å². The summed E-state index contributed by atoms with van der Waals surface area (Å²) in [5, 5.41) is 8.58. The second-order valence-electron chi connectivity index (χ2n) is 18.4. The highest BCUT2D eigenvalue weighted by Gasteiger charge is 2.21. The number of thiophene rings is 2. The summed E-state index contributed by atoms with van der Waals surface area (Å²) in [4.78, 5) is 61.7. The molecule has 2 fully saturated rings. The number of esters is 2. The van der Waals surface area contributed by atoms with Gasteiger partial charge >= 0.3 is 11.9 Å². The molecular formula is C56H60N6O8S2. The zero-order chi connectivity index (χ0) is 49.2. The van der Waals surface area contributed by atoms with Gasteiger partial charge in [0.2, 0.25) is 0 Å². The molecule has 2 aliphatic heterocycles. The predicted octanol–water partition coefficient (Wildman–Crippen LogP) is 9.19. The summed E-state index contributed by atoms with van der Waals surface area (Å²) in [6, 6.07) is 35.0. The Balaban J connectivity index is 0.631. The maximum absolute atomic E-state index is 13.0. The van der Waals surface area contributed by atoms with Crippen LogP contribution in [0.15, 0.2) is 130 Å². The van der Waals surface area contributed by atoms with Gasteiger partial charge in [-0.3, -0.25) is 38.1 Å². The number of hydrogen-bond donors (Lipinski definition) is 0. The van der Waals surface area contributed by atoms with E-state index in [9.17, 15) is 19.2 Å². The quantitative estimate of drug-likeness (QED) is 0.0503. The Hall–Kier alpha value is -6.72. The minimum atomic E-state index is -0.668. The molecule has 0 amide bonds. The molecule has 0 bridgehead atoms. The molecule has 4 aromatic heterocycles. The molecule has 72 heavy (non-hydrogen) atoms. The predicted molar refractivity (Wildman–Crippen MR) is 288 cm³/mol. The van der Waals surface area contributed by atoms with Gasteiger partial charge in [0.15, 0.2) is 13.5 Å². The summed E-state index contributed by atoms with van der Waals surface area (Å²) >= 11 is 3.57. The van der Waals surface area contributed by atoms with Crippen molar-refractivity contribution < 1.29 is 28.5 Å². The number of rotatable bonds is 21. The average Bonchev–Trinajstić information content (AvgIpc) is 4.11. The lowest BCUT2D eigenvalue weighted by Gasteiger charge is -2.36. The van der Waals surface area contributed by atoms with Crippen molar-refractivity contribution >= 4 is 88.0 Å². The lowest BCUT2D eigenvalue weighted by atomic mass is 10.2. The smallest absolute Gasteiger partial charge is 0.308 e. The Morgan fingerprint density at radius 1 is 0.486 bits per heavy atom. The largest absolute Gasteiger partial charge is 0.494 e. The van der Waals surface area contributed by atoms with Crippen LogP contribution in [0.3, 0.4) is 0 Å². The number of nitrogens with zero attached hydrogens (tertiary/aromatic N) is 6. The van der Waals surface area contributed by atoms with E-state index in [4.69, 9.17) is 18.9 Å². The van der Waals surface area contributed by atoms with Crippen molar-refractivity contribution in [2.24, 2.45) is 0 Å². The van der Waals surface area contributed by atoms with Crippen molar-refractivity contribution in [1.82, 2.24) is 18.9 Å². The van der Waals surface area contributed by atoms with E-state index in [0.717, 1.165) is 102 Å². The first-order valence-corrected chi connectivity index (χ1v) is 26.8. The van der Waals surface area contributed by atoms with Crippen molar-refractivity contribution in [1.29, 1.82) is 0 Å². The van der Waals surface area contributed by atoms with Crippen LogP contribution in [0.1, 0.15) is 38.5 Å². The fourth-order valence-electron chi connectivity index (χ4n) is 9.79. The van der Waals surface area contributed by atoms with Crippen molar-refractivity contribution in [3.05, 3.63) is 141 Å². The Morgan fingerprint density at radius 3 is 1.36 bits per heavy atom. The fraction of sp³-hybridized carbons (Fsp3) is 0.357. The van der Waals surface area contributed by atoms with Gasteiger partial charge in [-0.2, -0.15) is 0 Å².